The maximum atomic E-state index is 13.2. The van der Waals surface area contributed by atoms with Crippen LogP contribution in [0, 0.1) is 0 Å². The highest BCUT2D eigenvalue weighted by Crippen LogP contribution is 2.34. The number of nitrogens with zero attached hydrogens (tertiary/aromatic N) is 4. The minimum Gasteiger partial charge on any atom is -0.502 e. The van der Waals surface area contributed by atoms with E-state index < -0.39 is 11.2 Å². The highest BCUT2D eigenvalue weighted by atomic mass is 16.3. The van der Waals surface area contributed by atoms with Crippen molar-refractivity contribution >= 4 is 5.91 Å². The molecule has 5 rings (SSSR count). The summed E-state index contributed by atoms with van der Waals surface area (Å²) in [4.78, 5) is 31.2. The Hall–Kier alpha value is -3.87. The lowest BCUT2D eigenvalue weighted by Crippen LogP contribution is -2.55. The Bertz CT molecular complexity index is 1220. The van der Waals surface area contributed by atoms with E-state index in [0.717, 1.165) is 24.0 Å². The van der Waals surface area contributed by atoms with Crippen LogP contribution in [-0.2, 0) is 6.42 Å². The Balaban J connectivity index is 0.00000126. The van der Waals surface area contributed by atoms with E-state index in [1.54, 1.807) is 28.2 Å². The summed E-state index contributed by atoms with van der Waals surface area (Å²) in [7, 11) is 0. The number of hydrogen-bond acceptors (Lipinski definition) is 5. The fraction of sp³-hybridized carbons (Fsp3) is 0.269. The number of fused-ring (bicyclic) bond motifs is 5. The number of pyridine rings is 2. The molecule has 0 aliphatic carbocycles. The van der Waals surface area contributed by atoms with Gasteiger partial charge in [0, 0.05) is 31.2 Å². The van der Waals surface area contributed by atoms with Crippen LogP contribution in [0.25, 0.3) is 0 Å². The Morgan fingerprint density at radius 1 is 1.00 bits per heavy atom. The second-order valence-electron chi connectivity index (χ2n) is 7.72. The van der Waals surface area contributed by atoms with Gasteiger partial charge in [0.05, 0.1) is 6.04 Å². The van der Waals surface area contributed by atoms with E-state index in [1.807, 2.05) is 49.2 Å². The summed E-state index contributed by atoms with van der Waals surface area (Å²) < 4.78 is 1.62. The number of allylic oxidation sites excluding steroid dienone is 1. The SMILES string of the molecule is CC.O=C1c2c(O)c(=O)ccn2N2CN1C/C=C\CCc1ccccc1C2c1ccncc1. The van der Waals surface area contributed by atoms with Crippen LogP contribution in [0.15, 0.2) is 78.0 Å². The van der Waals surface area contributed by atoms with E-state index in [-0.39, 0.29) is 17.6 Å². The molecule has 1 unspecified atom stereocenters. The van der Waals surface area contributed by atoms with E-state index >= 15 is 0 Å². The summed E-state index contributed by atoms with van der Waals surface area (Å²) in [5, 5.41) is 12.5. The molecule has 7 nitrogen and oxygen atoms in total. The Kier molecular flexibility index (Phi) is 6.58. The van der Waals surface area contributed by atoms with Gasteiger partial charge in [-0.3, -0.25) is 24.3 Å². The molecule has 0 fully saturated rings. The van der Waals surface area contributed by atoms with E-state index in [9.17, 15) is 14.7 Å². The summed E-state index contributed by atoms with van der Waals surface area (Å²) in [5.74, 6) is -0.889. The second kappa shape index (κ2) is 9.73. The second-order valence-corrected chi connectivity index (χ2v) is 7.72. The van der Waals surface area contributed by atoms with E-state index in [0.29, 0.717) is 13.2 Å². The third-order valence-electron chi connectivity index (χ3n) is 5.88. The van der Waals surface area contributed by atoms with Crippen molar-refractivity contribution in [3.8, 4) is 5.75 Å². The molecule has 2 aliphatic heterocycles. The number of aryl methyl sites for hydroxylation is 1. The number of benzene rings is 1. The predicted molar refractivity (Wildman–Crippen MR) is 128 cm³/mol. The van der Waals surface area contributed by atoms with Crippen LogP contribution in [0.2, 0.25) is 0 Å². The summed E-state index contributed by atoms with van der Waals surface area (Å²) in [6.45, 7) is 4.71. The third kappa shape index (κ3) is 4.14. The fourth-order valence-corrected chi connectivity index (χ4v) is 4.38. The van der Waals surface area contributed by atoms with Gasteiger partial charge in [0.15, 0.2) is 11.4 Å². The highest BCUT2D eigenvalue weighted by Gasteiger charge is 2.36. The van der Waals surface area contributed by atoms with Crippen molar-refractivity contribution in [2.75, 3.05) is 18.2 Å². The number of carbonyl (C=O) groups is 1. The van der Waals surface area contributed by atoms with Gasteiger partial charge in [-0.2, -0.15) is 0 Å². The average Bonchev–Trinajstić information content (AvgIpc) is 2.88. The van der Waals surface area contributed by atoms with Gasteiger partial charge >= 0.3 is 0 Å². The first kappa shape index (κ1) is 22.3. The topological polar surface area (TPSA) is 78.7 Å². The maximum absolute atomic E-state index is 13.2. The molecule has 1 N–H and O–H groups in total. The van der Waals surface area contributed by atoms with Crippen LogP contribution in [0.5, 0.6) is 5.75 Å². The molecule has 7 heteroatoms. The molecule has 2 aliphatic rings. The minimum atomic E-state index is -0.567. The van der Waals surface area contributed by atoms with Gasteiger partial charge in [-0.15, -0.1) is 0 Å². The van der Waals surface area contributed by atoms with Crippen molar-refractivity contribution in [3.05, 3.63) is 106 Å². The van der Waals surface area contributed by atoms with E-state index in [2.05, 4.69) is 23.2 Å². The van der Waals surface area contributed by atoms with Gasteiger partial charge in [0.1, 0.15) is 6.67 Å². The molecule has 4 heterocycles. The van der Waals surface area contributed by atoms with Gasteiger partial charge in [-0.1, -0.05) is 50.3 Å². The monoisotopic (exact) mass is 444 g/mol. The van der Waals surface area contributed by atoms with Crippen molar-refractivity contribution in [1.82, 2.24) is 14.6 Å². The lowest BCUT2D eigenvalue weighted by Gasteiger charge is -2.44. The molecule has 3 aromatic rings. The molecule has 2 aromatic heterocycles. The van der Waals surface area contributed by atoms with Crippen LogP contribution in [0.1, 0.15) is 53.5 Å². The van der Waals surface area contributed by atoms with Gasteiger partial charge in [0.2, 0.25) is 5.43 Å². The minimum absolute atomic E-state index is 0.0112. The first-order valence-corrected chi connectivity index (χ1v) is 11.3. The zero-order valence-electron chi connectivity index (χ0n) is 18.9. The van der Waals surface area contributed by atoms with Gasteiger partial charge in [0.25, 0.3) is 5.91 Å². The molecule has 0 spiro atoms. The zero-order chi connectivity index (χ0) is 23.4. The van der Waals surface area contributed by atoms with Crippen LogP contribution in [0.3, 0.4) is 0 Å². The molecule has 1 atom stereocenters. The van der Waals surface area contributed by atoms with Crippen molar-refractivity contribution in [1.29, 1.82) is 0 Å². The summed E-state index contributed by atoms with van der Waals surface area (Å²) in [6, 6.07) is 13.3. The Morgan fingerprint density at radius 2 is 1.76 bits per heavy atom. The van der Waals surface area contributed by atoms with Crippen LogP contribution in [-0.4, -0.2) is 38.8 Å². The Labute approximate surface area is 193 Å². The van der Waals surface area contributed by atoms with Gasteiger partial charge < -0.3 is 10.0 Å². The smallest absolute Gasteiger partial charge is 0.278 e. The van der Waals surface area contributed by atoms with Crippen LogP contribution >= 0.6 is 0 Å². The molecular weight excluding hydrogens is 416 g/mol. The summed E-state index contributed by atoms with van der Waals surface area (Å²) >= 11 is 0. The van der Waals surface area contributed by atoms with Crippen molar-refractivity contribution in [2.45, 2.75) is 32.7 Å². The van der Waals surface area contributed by atoms with Gasteiger partial charge in [-0.05, 0) is 41.7 Å². The number of hydrogen-bond donors (Lipinski definition) is 1. The molecule has 33 heavy (non-hydrogen) atoms. The number of aromatic nitrogens is 2. The first-order chi connectivity index (χ1) is 16.1. The number of amides is 1. The highest BCUT2D eigenvalue weighted by molar-refractivity contribution is 5.96. The summed E-state index contributed by atoms with van der Waals surface area (Å²) in [6.07, 6.45) is 10.9. The van der Waals surface area contributed by atoms with Gasteiger partial charge in [-0.25, -0.2) is 0 Å². The molecule has 0 saturated heterocycles. The molecular formula is C26H28N4O3. The molecule has 0 radical (unpaired) electrons. The lowest BCUT2D eigenvalue weighted by molar-refractivity contribution is 0.0701. The number of aromatic hydroxyl groups is 1. The number of carbonyl (C=O) groups excluding carboxylic acids is 1. The van der Waals surface area contributed by atoms with Crippen LogP contribution in [0.4, 0.5) is 0 Å². The van der Waals surface area contributed by atoms with E-state index in [4.69, 9.17) is 0 Å². The molecule has 170 valence electrons. The van der Waals surface area contributed by atoms with Crippen molar-refractivity contribution < 1.29 is 9.90 Å². The maximum Gasteiger partial charge on any atom is 0.278 e. The summed E-state index contributed by atoms with van der Waals surface area (Å²) in [5.41, 5.74) is 2.76. The fourth-order valence-electron chi connectivity index (χ4n) is 4.38. The van der Waals surface area contributed by atoms with Crippen molar-refractivity contribution in [2.24, 2.45) is 0 Å². The molecule has 1 amide bonds. The quantitative estimate of drug-likeness (QED) is 0.580. The third-order valence-corrected chi connectivity index (χ3v) is 5.88. The molecule has 0 saturated carbocycles. The standard InChI is InChI=1S/C24H22N4O3.C2H6/c29-20-11-15-27-22(23(20)30)24(31)26-14-5-1-2-6-17-7-3-4-8-19(17)21(28(27)16-26)18-9-12-25-13-10-18;1-2/h1,3-5,7-13,15,21,30H,2,6,14,16H2;1-2H3/b5-1-;. The normalized spacial score (nSPS) is 18.2. The van der Waals surface area contributed by atoms with Crippen LogP contribution < -0.4 is 10.4 Å². The molecule has 2 bridgehead atoms. The Morgan fingerprint density at radius 3 is 2.55 bits per heavy atom. The first-order valence-electron chi connectivity index (χ1n) is 11.3. The predicted octanol–water partition coefficient (Wildman–Crippen LogP) is 3.62. The van der Waals surface area contributed by atoms with E-state index in [1.165, 1.54) is 11.6 Å². The zero-order valence-corrected chi connectivity index (χ0v) is 18.9. The average molecular weight is 445 g/mol. The molecule has 1 aromatic carbocycles. The van der Waals surface area contributed by atoms with Crippen molar-refractivity contribution in [3.63, 3.8) is 0 Å². The largest absolute Gasteiger partial charge is 0.502 e. The lowest BCUT2D eigenvalue weighted by atomic mass is 9.92. The number of rotatable bonds is 1.